The van der Waals surface area contributed by atoms with Crippen LogP contribution < -0.4 is 10.7 Å². The molecule has 0 aliphatic heterocycles. The Morgan fingerprint density at radius 3 is 1.53 bits per heavy atom. The molecule has 178 valence electrons. The van der Waals surface area contributed by atoms with E-state index in [1.807, 2.05) is 0 Å². The summed E-state index contributed by atoms with van der Waals surface area (Å²) in [5, 5.41) is 23.2. The normalized spacial score (nSPS) is 13.2. The number of nitrogens with zero attached hydrogens (tertiary/aromatic N) is 6. The van der Waals surface area contributed by atoms with E-state index in [-0.39, 0.29) is 22.9 Å². The van der Waals surface area contributed by atoms with Crippen LogP contribution in [0, 0.1) is 36.5 Å². The highest BCUT2D eigenvalue weighted by atomic mass is 35.5. The van der Waals surface area contributed by atoms with Gasteiger partial charge in [-0.25, -0.2) is 9.97 Å². The first-order valence-corrected chi connectivity index (χ1v) is 11.9. The molecule has 4 heterocycles. The predicted octanol–water partition coefficient (Wildman–Crippen LogP) is 3.96. The molecule has 0 fully saturated rings. The third-order valence-corrected chi connectivity index (χ3v) is 6.95. The van der Waals surface area contributed by atoms with Gasteiger partial charge in [0.05, 0.1) is 10.7 Å². The molecular weight excluding hydrogens is 521 g/mol. The molecule has 4 radical (unpaired) electrons. The summed E-state index contributed by atoms with van der Waals surface area (Å²) in [5.74, 6) is 0.142. The largest absolute Gasteiger partial charge is 0.435 e. The Morgan fingerprint density at radius 1 is 0.763 bits per heavy atom. The average molecular weight is 533 g/mol. The fourth-order valence-corrected chi connectivity index (χ4v) is 5.00. The quantitative estimate of drug-likeness (QED) is 0.312. The van der Waals surface area contributed by atoms with Crippen molar-refractivity contribution in [1.82, 2.24) is 18.9 Å². The van der Waals surface area contributed by atoms with Gasteiger partial charge in [0.1, 0.15) is 34.3 Å². The van der Waals surface area contributed by atoms with Crippen molar-refractivity contribution in [1.29, 1.82) is 10.5 Å². The molecule has 0 unspecified atom stereocenters. The highest BCUT2D eigenvalue weighted by Gasteiger charge is 2.24. The van der Waals surface area contributed by atoms with E-state index in [2.05, 4.69) is 22.1 Å². The molecule has 0 atom stereocenters. The summed E-state index contributed by atoms with van der Waals surface area (Å²) in [6.07, 6.45) is 0. The van der Waals surface area contributed by atoms with Crippen molar-refractivity contribution >= 4 is 83.3 Å². The van der Waals surface area contributed by atoms with Crippen molar-refractivity contribution in [3.8, 4) is 12.1 Å². The number of halogens is 2. The number of hydrogen-bond acceptors (Lipinski definition) is 6. The maximum atomic E-state index is 10.2. The maximum absolute atomic E-state index is 10.2. The fourth-order valence-electron chi connectivity index (χ4n) is 4.67. The van der Waals surface area contributed by atoms with E-state index in [0.29, 0.717) is 65.1 Å². The molecule has 0 saturated carbocycles. The third-order valence-electron chi connectivity index (χ3n) is 6.48. The lowest BCUT2D eigenvalue weighted by molar-refractivity contribution is 0.585. The first-order valence-electron chi connectivity index (χ1n) is 11.2. The second-order valence-corrected chi connectivity index (χ2v) is 9.47. The molecule has 0 aliphatic carbocycles. The number of benzene rings is 2. The molecule has 0 amide bonds. The first kappa shape index (κ1) is 24.0. The van der Waals surface area contributed by atoms with Crippen LogP contribution >= 0.6 is 23.2 Å². The fraction of sp³-hybridized carbons (Fsp3) is 0.0769. The summed E-state index contributed by atoms with van der Waals surface area (Å²) in [7, 11) is 13.0. The zero-order valence-electron chi connectivity index (χ0n) is 19.9. The number of nitriles is 2. The van der Waals surface area contributed by atoms with Crippen LogP contribution in [0.5, 0.6) is 0 Å². The van der Waals surface area contributed by atoms with Gasteiger partial charge in [-0.2, -0.15) is 10.5 Å². The van der Waals surface area contributed by atoms with Crippen molar-refractivity contribution in [2.24, 2.45) is 0 Å². The lowest BCUT2D eigenvalue weighted by Gasteiger charge is -2.04. The van der Waals surface area contributed by atoms with Gasteiger partial charge in [-0.15, -0.1) is 0 Å². The lowest BCUT2D eigenvalue weighted by atomic mass is 10.1. The molecule has 38 heavy (non-hydrogen) atoms. The maximum Gasteiger partial charge on any atom is 0.240 e. The molecule has 6 aromatic rings. The molecule has 0 saturated heterocycles. The Hall–Kier alpha value is -4.37. The molecule has 0 spiro atoms. The van der Waals surface area contributed by atoms with Gasteiger partial charge in [0.15, 0.2) is 11.2 Å². The van der Waals surface area contributed by atoms with E-state index in [0.717, 1.165) is 0 Å². The van der Waals surface area contributed by atoms with Crippen molar-refractivity contribution < 1.29 is 8.83 Å². The van der Waals surface area contributed by atoms with Gasteiger partial charge in [-0.1, -0.05) is 23.2 Å². The Balaban J connectivity index is 1.75. The van der Waals surface area contributed by atoms with E-state index in [4.69, 9.17) is 48.0 Å². The van der Waals surface area contributed by atoms with Crippen LogP contribution in [0.15, 0.2) is 45.2 Å². The molecule has 0 bridgehead atoms. The second-order valence-electron chi connectivity index (χ2n) is 8.59. The number of fused-ring (bicyclic) bond motifs is 3. The van der Waals surface area contributed by atoms with E-state index >= 15 is 0 Å². The Labute approximate surface area is 227 Å². The van der Waals surface area contributed by atoms with Crippen LogP contribution in [0.2, 0.25) is 10.0 Å². The average Bonchev–Trinajstić information content (AvgIpc) is 3.62. The summed E-state index contributed by atoms with van der Waals surface area (Å²) in [6.45, 7) is 3.52. The van der Waals surface area contributed by atoms with Gasteiger partial charge in [-0.3, -0.25) is 0 Å². The number of aryl methyl sites for hydroxylation is 2. The molecule has 6 rings (SSSR count). The smallest absolute Gasteiger partial charge is 0.240 e. The van der Waals surface area contributed by atoms with Gasteiger partial charge in [0.25, 0.3) is 0 Å². The minimum Gasteiger partial charge on any atom is -0.435 e. The molecule has 0 aliphatic rings. The summed E-state index contributed by atoms with van der Waals surface area (Å²) in [6, 6.07) is 14.3. The van der Waals surface area contributed by atoms with Gasteiger partial charge in [-0.05, 0) is 50.2 Å². The van der Waals surface area contributed by atoms with Crippen molar-refractivity contribution in [2.45, 2.75) is 13.8 Å². The zero-order chi connectivity index (χ0) is 26.9. The van der Waals surface area contributed by atoms with Crippen LogP contribution in [0.3, 0.4) is 0 Å². The Bertz CT molecular complexity index is 2030. The van der Waals surface area contributed by atoms with E-state index in [1.54, 1.807) is 50.2 Å². The molecule has 2 aromatic carbocycles. The van der Waals surface area contributed by atoms with Crippen LogP contribution in [0.4, 0.5) is 0 Å². The van der Waals surface area contributed by atoms with Gasteiger partial charge in [0.2, 0.25) is 27.7 Å². The molecule has 4 aromatic heterocycles. The number of aromatic nitrogens is 4. The molecule has 12 heteroatoms. The second kappa shape index (κ2) is 8.59. The predicted molar refractivity (Wildman–Crippen MR) is 145 cm³/mol. The lowest BCUT2D eigenvalue weighted by Crippen LogP contribution is -2.23. The summed E-state index contributed by atoms with van der Waals surface area (Å²) >= 11 is 12.2. The number of rotatable bonds is 2. The monoisotopic (exact) mass is 532 g/mol. The standard InChI is InChI=1S/C26H12B2Cl2N6O2/c1-11-21-22(24(35(11)27)16(10-32)26-34-18-8-14(30)4-6-20(18)38-26)12(2)36(28)23(21)15(9-31)25-33-17-7-13(29)3-5-19(17)37-25/h3-8H,1-2H3/b23-15-,24-16-. The van der Waals surface area contributed by atoms with Crippen LogP contribution in [-0.4, -0.2) is 34.9 Å². The summed E-state index contributed by atoms with van der Waals surface area (Å²) < 4.78 is 14.5. The highest BCUT2D eigenvalue weighted by Crippen LogP contribution is 2.27. The Morgan fingerprint density at radius 2 is 1.16 bits per heavy atom. The van der Waals surface area contributed by atoms with Crippen molar-refractivity contribution in [3.05, 3.63) is 80.3 Å². The van der Waals surface area contributed by atoms with Gasteiger partial charge in [0, 0.05) is 32.2 Å². The minimum atomic E-state index is 0.0712. The highest BCUT2D eigenvalue weighted by molar-refractivity contribution is 6.31. The van der Waals surface area contributed by atoms with Crippen molar-refractivity contribution in [2.75, 3.05) is 0 Å². The van der Waals surface area contributed by atoms with Gasteiger partial charge >= 0.3 is 0 Å². The Kier molecular flexibility index (Phi) is 5.43. The van der Waals surface area contributed by atoms with Crippen molar-refractivity contribution in [3.63, 3.8) is 0 Å². The van der Waals surface area contributed by atoms with Crippen LogP contribution in [-0.2, 0) is 0 Å². The topological polar surface area (TPSA) is 110 Å². The SMILES string of the molecule is [B]n1c(C)c2/c(=C(\C#N)c3nc4cc(Cl)ccc4o3)n([B])c(C)c2/c1=C(\C#N)c1nc2cc(Cl)ccc2o1. The van der Waals surface area contributed by atoms with Gasteiger partial charge < -0.3 is 17.8 Å². The molecule has 0 N–H and O–H groups in total. The number of hydrogen-bond donors (Lipinski definition) is 0. The number of oxazole rings is 2. The molecular formula is C26H12B2Cl2N6O2. The van der Waals surface area contributed by atoms with E-state index in [9.17, 15) is 10.5 Å². The zero-order valence-corrected chi connectivity index (χ0v) is 21.4. The van der Waals surface area contributed by atoms with E-state index in [1.165, 1.54) is 8.96 Å². The van der Waals surface area contributed by atoms with Crippen LogP contribution in [0.25, 0.3) is 44.1 Å². The summed E-state index contributed by atoms with van der Waals surface area (Å²) in [5.41, 5.74) is 3.20. The summed E-state index contributed by atoms with van der Waals surface area (Å²) in [4.78, 5) is 8.91. The minimum absolute atomic E-state index is 0.0712. The molecule has 8 nitrogen and oxygen atoms in total. The van der Waals surface area contributed by atoms with E-state index < -0.39 is 0 Å². The third kappa shape index (κ3) is 3.39. The first-order chi connectivity index (χ1) is 18.2. The van der Waals surface area contributed by atoms with Crippen LogP contribution in [0.1, 0.15) is 23.2 Å².